The van der Waals surface area contributed by atoms with Gasteiger partial charge in [0.15, 0.2) is 0 Å². The van der Waals surface area contributed by atoms with Gasteiger partial charge in [0.2, 0.25) is 0 Å². The van der Waals surface area contributed by atoms with E-state index in [1.54, 1.807) is 30.3 Å². The number of nitrogens with one attached hydrogen (secondary N) is 1. The molecule has 0 radical (unpaired) electrons. The van der Waals surface area contributed by atoms with Gasteiger partial charge in [-0.25, -0.2) is 0 Å². The van der Waals surface area contributed by atoms with Crippen LogP contribution in [0.5, 0.6) is 5.75 Å². The summed E-state index contributed by atoms with van der Waals surface area (Å²) in [6.07, 6.45) is 0. The Morgan fingerprint density at radius 2 is 2.00 bits per heavy atom. The van der Waals surface area contributed by atoms with Crippen LogP contribution in [0.3, 0.4) is 0 Å². The van der Waals surface area contributed by atoms with Gasteiger partial charge in [-0.3, -0.25) is 4.79 Å². The average Bonchev–Trinajstić information content (AvgIpc) is 2.36. The summed E-state index contributed by atoms with van der Waals surface area (Å²) in [7, 11) is 0. The summed E-state index contributed by atoms with van der Waals surface area (Å²) in [4.78, 5) is 12.1. The van der Waals surface area contributed by atoms with Crippen LogP contribution in [0.25, 0.3) is 0 Å². The third-order valence-corrected chi connectivity index (χ3v) is 3.87. The second kappa shape index (κ2) is 5.63. The topological polar surface area (TPSA) is 49.3 Å². The van der Waals surface area contributed by atoms with Crippen molar-refractivity contribution in [1.29, 1.82) is 0 Å². The maximum atomic E-state index is 12.1. The van der Waals surface area contributed by atoms with Crippen LogP contribution in [-0.2, 0) is 0 Å². The van der Waals surface area contributed by atoms with Crippen molar-refractivity contribution in [3.05, 3.63) is 57.0 Å². The fourth-order valence-corrected chi connectivity index (χ4v) is 2.05. The molecule has 2 rings (SSSR count). The van der Waals surface area contributed by atoms with Crippen LogP contribution in [0.15, 0.2) is 40.9 Å². The van der Waals surface area contributed by atoms with Crippen molar-refractivity contribution in [3.63, 3.8) is 0 Å². The van der Waals surface area contributed by atoms with Gasteiger partial charge in [-0.15, -0.1) is 0 Å². The molecule has 0 aliphatic heterocycles. The average molecular weight is 341 g/mol. The minimum atomic E-state index is -0.247. The van der Waals surface area contributed by atoms with E-state index < -0.39 is 0 Å². The van der Waals surface area contributed by atoms with E-state index in [0.717, 1.165) is 10.0 Å². The second-order valence-corrected chi connectivity index (χ2v) is 5.34. The Labute approximate surface area is 124 Å². The number of hydrogen-bond acceptors (Lipinski definition) is 2. The molecule has 0 spiro atoms. The molecule has 2 aromatic carbocycles. The predicted octanol–water partition coefficient (Wildman–Crippen LogP) is 4.37. The molecule has 1 amide bonds. The molecule has 0 heterocycles. The number of benzene rings is 2. The molecule has 3 nitrogen and oxygen atoms in total. The van der Waals surface area contributed by atoms with Crippen molar-refractivity contribution in [2.75, 3.05) is 5.32 Å². The fraction of sp³-hybridized carbons (Fsp3) is 0.0714. The van der Waals surface area contributed by atoms with Gasteiger partial charge in [-0.2, -0.15) is 0 Å². The standard InChI is InChI=1S/C14H11BrClNO2/c1-8-6-10(18)3-5-13(8)17-14(19)9-2-4-11(15)12(16)7-9/h2-7,18H,1H3,(H,17,19). The number of phenols is 1. The van der Waals surface area contributed by atoms with Gasteiger partial charge in [0, 0.05) is 15.7 Å². The highest BCUT2D eigenvalue weighted by molar-refractivity contribution is 9.10. The van der Waals surface area contributed by atoms with Crippen molar-refractivity contribution < 1.29 is 9.90 Å². The Balaban J connectivity index is 2.23. The van der Waals surface area contributed by atoms with Gasteiger partial charge >= 0.3 is 0 Å². The maximum Gasteiger partial charge on any atom is 0.255 e. The Kier molecular flexibility index (Phi) is 4.12. The van der Waals surface area contributed by atoms with E-state index >= 15 is 0 Å². The number of carbonyl (C=O) groups excluding carboxylic acids is 1. The normalized spacial score (nSPS) is 10.3. The van der Waals surface area contributed by atoms with Gasteiger partial charge in [0.25, 0.3) is 5.91 Å². The Morgan fingerprint density at radius 1 is 1.26 bits per heavy atom. The zero-order valence-electron chi connectivity index (χ0n) is 10.1. The molecule has 2 aromatic rings. The molecule has 0 atom stereocenters. The molecule has 0 unspecified atom stereocenters. The van der Waals surface area contributed by atoms with Gasteiger partial charge in [-0.1, -0.05) is 11.6 Å². The first-order valence-electron chi connectivity index (χ1n) is 5.53. The highest BCUT2D eigenvalue weighted by atomic mass is 79.9. The summed E-state index contributed by atoms with van der Waals surface area (Å²) in [6.45, 7) is 1.81. The van der Waals surface area contributed by atoms with Crippen molar-refractivity contribution >= 4 is 39.1 Å². The molecule has 0 aromatic heterocycles. The van der Waals surface area contributed by atoms with Crippen LogP contribution < -0.4 is 5.32 Å². The van der Waals surface area contributed by atoms with Gasteiger partial charge in [0.05, 0.1) is 5.02 Å². The molecular weight excluding hydrogens is 330 g/mol. The van der Waals surface area contributed by atoms with E-state index in [0.29, 0.717) is 16.3 Å². The lowest BCUT2D eigenvalue weighted by Gasteiger charge is -2.09. The molecule has 98 valence electrons. The van der Waals surface area contributed by atoms with E-state index in [1.165, 1.54) is 6.07 Å². The van der Waals surface area contributed by atoms with Crippen molar-refractivity contribution in [1.82, 2.24) is 0 Å². The highest BCUT2D eigenvalue weighted by Crippen LogP contribution is 2.25. The summed E-state index contributed by atoms with van der Waals surface area (Å²) in [5.41, 5.74) is 1.92. The molecule has 5 heteroatoms. The molecule has 2 N–H and O–H groups in total. The first kappa shape index (κ1) is 13.9. The summed E-state index contributed by atoms with van der Waals surface area (Å²) in [5, 5.41) is 12.6. The lowest BCUT2D eigenvalue weighted by molar-refractivity contribution is 0.102. The number of halogens is 2. The number of aryl methyl sites for hydroxylation is 1. The third-order valence-electron chi connectivity index (χ3n) is 2.64. The zero-order chi connectivity index (χ0) is 14.0. The number of anilines is 1. The maximum absolute atomic E-state index is 12.1. The van der Waals surface area contributed by atoms with E-state index in [1.807, 2.05) is 6.92 Å². The first-order chi connectivity index (χ1) is 8.97. The minimum absolute atomic E-state index is 0.169. The molecule has 0 aliphatic rings. The summed E-state index contributed by atoms with van der Waals surface area (Å²) in [5.74, 6) is -0.0784. The van der Waals surface area contributed by atoms with E-state index in [4.69, 9.17) is 11.6 Å². The Morgan fingerprint density at radius 3 is 2.63 bits per heavy atom. The van der Waals surface area contributed by atoms with E-state index in [2.05, 4.69) is 21.2 Å². The van der Waals surface area contributed by atoms with Crippen molar-refractivity contribution in [3.8, 4) is 5.75 Å². The molecule has 0 bridgehead atoms. The van der Waals surface area contributed by atoms with Crippen LogP contribution in [-0.4, -0.2) is 11.0 Å². The lowest BCUT2D eigenvalue weighted by atomic mass is 10.1. The van der Waals surface area contributed by atoms with Crippen LogP contribution in [0.1, 0.15) is 15.9 Å². The Bertz CT molecular complexity index is 643. The number of carbonyl (C=O) groups is 1. The summed E-state index contributed by atoms with van der Waals surface area (Å²) in [6, 6.07) is 9.77. The molecule has 0 aliphatic carbocycles. The Hall–Kier alpha value is -1.52. The molecule has 19 heavy (non-hydrogen) atoms. The summed E-state index contributed by atoms with van der Waals surface area (Å²) < 4.78 is 0.742. The number of phenolic OH excluding ortho intramolecular Hbond substituents is 1. The number of aromatic hydroxyl groups is 1. The molecule has 0 fully saturated rings. The summed E-state index contributed by atoms with van der Waals surface area (Å²) >= 11 is 9.23. The van der Waals surface area contributed by atoms with Gasteiger partial charge in [0.1, 0.15) is 5.75 Å². The van der Waals surface area contributed by atoms with Gasteiger partial charge in [-0.05, 0) is 64.8 Å². The predicted molar refractivity (Wildman–Crippen MR) is 79.9 cm³/mol. The van der Waals surface area contributed by atoms with E-state index in [9.17, 15) is 9.90 Å². The zero-order valence-corrected chi connectivity index (χ0v) is 12.4. The number of amides is 1. The van der Waals surface area contributed by atoms with Crippen molar-refractivity contribution in [2.45, 2.75) is 6.92 Å². The minimum Gasteiger partial charge on any atom is -0.508 e. The fourth-order valence-electron chi connectivity index (χ4n) is 1.62. The third kappa shape index (κ3) is 3.28. The lowest BCUT2D eigenvalue weighted by Crippen LogP contribution is -2.12. The quantitative estimate of drug-likeness (QED) is 0.798. The largest absolute Gasteiger partial charge is 0.508 e. The number of hydrogen-bond donors (Lipinski definition) is 2. The van der Waals surface area contributed by atoms with Crippen LogP contribution in [0.2, 0.25) is 5.02 Å². The first-order valence-corrected chi connectivity index (χ1v) is 6.70. The smallest absolute Gasteiger partial charge is 0.255 e. The second-order valence-electron chi connectivity index (χ2n) is 4.08. The van der Waals surface area contributed by atoms with Crippen LogP contribution >= 0.6 is 27.5 Å². The monoisotopic (exact) mass is 339 g/mol. The molecule has 0 saturated carbocycles. The van der Waals surface area contributed by atoms with Crippen molar-refractivity contribution in [2.24, 2.45) is 0 Å². The SMILES string of the molecule is Cc1cc(O)ccc1NC(=O)c1ccc(Br)c(Cl)c1. The highest BCUT2D eigenvalue weighted by Gasteiger charge is 2.09. The molecular formula is C14H11BrClNO2. The molecule has 0 saturated heterocycles. The van der Waals surface area contributed by atoms with Crippen LogP contribution in [0, 0.1) is 6.92 Å². The van der Waals surface area contributed by atoms with E-state index in [-0.39, 0.29) is 11.7 Å². The number of rotatable bonds is 2. The van der Waals surface area contributed by atoms with Gasteiger partial charge < -0.3 is 10.4 Å². The van der Waals surface area contributed by atoms with Crippen LogP contribution in [0.4, 0.5) is 5.69 Å².